The summed E-state index contributed by atoms with van der Waals surface area (Å²) in [7, 11) is -10.2. The van der Waals surface area contributed by atoms with Crippen LogP contribution in [-0.2, 0) is 13.9 Å². The summed E-state index contributed by atoms with van der Waals surface area (Å²) in [6, 6.07) is 0. The first-order valence-corrected chi connectivity index (χ1v) is 5.54. The molecule has 0 aliphatic heterocycles. The molecule has 4 N–H and O–H groups in total. The van der Waals surface area contributed by atoms with Crippen LogP contribution in [0.25, 0.3) is 0 Å². The van der Waals surface area contributed by atoms with Gasteiger partial charge in [0, 0.05) is 0 Å². The van der Waals surface area contributed by atoms with E-state index >= 15 is 0 Å². The summed E-state index contributed by atoms with van der Waals surface area (Å²) in [4.78, 5) is 42.4. The lowest BCUT2D eigenvalue weighted by atomic mass is 10.9. The van der Waals surface area contributed by atoms with Gasteiger partial charge in [0.15, 0.2) is 0 Å². The second-order valence-electron chi connectivity index (χ2n) is 1.67. The van der Waals surface area contributed by atoms with Crippen LogP contribution in [0.2, 0.25) is 0 Å². The fourth-order valence-corrected chi connectivity index (χ4v) is 2.18. The topological polar surface area (TPSA) is 132 Å². The molecule has 0 spiro atoms. The largest absolute Gasteiger partial charge is 0.348 e. The first kappa shape index (κ1) is 11.0. The van der Waals surface area contributed by atoms with E-state index in [-0.39, 0.29) is 0 Å². The number of hydrogen-bond donors (Lipinski definition) is 4. The molecule has 0 fully saturated rings. The second kappa shape index (κ2) is 3.15. The van der Waals surface area contributed by atoms with E-state index in [0.29, 0.717) is 6.29 Å². The van der Waals surface area contributed by atoms with Crippen molar-refractivity contribution in [1.82, 2.24) is 0 Å². The van der Waals surface area contributed by atoms with Crippen molar-refractivity contribution in [2.45, 2.75) is 5.40 Å². The molecule has 9 heteroatoms. The summed E-state index contributed by atoms with van der Waals surface area (Å²) in [6.45, 7) is 0. The Morgan fingerprint density at radius 3 is 1.27 bits per heavy atom. The van der Waals surface area contributed by atoms with E-state index in [4.69, 9.17) is 19.6 Å². The van der Waals surface area contributed by atoms with Crippen molar-refractivity contribution >= 4 is 21.5 Å². The minimum Gasteiger partial charge on any atom is -0.323 e. The lowest BCUT2D eigenvalue weighted by Gasteiger charge is -2.11. The summed E-state index contributed by atoms with van der Waals surface area (Å²) >= 11 is 0. The van der Waals surface area contributed by atoms with Gasteiger partial charge in [-0.2, -0.15) is 0 Å². The highest BCUT2D eigenvalue weighted by atomic mass is 31.2. The Kier molecular flexibility index (Phi) is 3.14. The standard InChI is InChI=1S/C2H5O7P2/c3-1-2(10(4,5)6)11(7,8)9/h2H,(H2,4,5,6)(H2,7,8,9). The van der Waals surface area contributed by atoms with Gasteiger partial charge in [0.1, 0.15) is 0 Å². The zero-order valence-electron chi connectivity index (χ0n) is 4.99. The number of rotatable bonds is 3. The zero-order valence-corrected chi connectivity index (χ0v) is 6.77. The Balaban J connectivity index is 4.87. The molecule has 0 aliphatic carbocycles. The van der Waals surface area contributed by atoms with Crippen LogP contribution in [0.3, 0.4) is 0 Å². The highest BCUT2D eigenvalue weighted by Crippen LogP contribution is 2.58. The molecule has 0 aromatic heterocycles. The molecule has 0 saturated heterocycles. The van der Waals surface area contributed by atoms with Gasteiger partial charge in [-0.25, -0.2) is 0 Å². The van der Waals surface area contributed by atoms with E-state index in [2.05, 4.69) is 0 Å². The van der Waals surface area contributed by atoms with Crippen molar-refractivity contribution in [2.24, 2.45) is 0 Å². The van der Waals surface area contributed by atoms with E-state index in [1.807, 2.05) is 0 Å². The molecule has 1 radical (unpaired) electrons. The molecule has 11 heavy (non-hydrogen) atoms. The highest BCUT2D eigenvalue weighted by Gasteiger charge is 2.44. The molecule has 0 amide bonds. The predicted molar refractivity (Wildman–Crippen MR) is 33.6 cm³/mol. The molecule has 0 aromatic rings. The minimum atomic E-state index is -5.08. The summed E-state index contributed by atoms with van der Waals surface area (Å²) in [6.07, 6.45) is 0.606. The van der Waals surface area contributed by atoms with Gasteiger partial charge < -0.3 is 19.6 Å². The van der Waals surface area contributed by atoms with Gasteiger partial charge >= 0.3 is 15.2 Å². The van der Waals surface area contributed by atoms with Crippen LogP contribution < -0.4 is 0 Å². The van der Waals surface area contributed by atoms with Crippen molar-refractivity contribution < 1.29 is 33.5 Å². The fraction of sp³-hybridized carbons (Fsp3) is 0.500. The fourth-order valence-electron chi connectivity index (χ4n) is 0.333. The summed E-state index contributed by atoms with van der Waals surface area (Å²) in [5.41, 5.74) is 0. The Labute approximate surface area is 61.4 Å². The van der Waals surface area contributed by atoms with Crippen LogP contribution in [0, 0.1) is 0 Å². The summed E-state index contributed by atoms with van der Waals surface area (Å²) in [5.74, 6) is 0. The summed E-state index contributed by atoms with van der Waals surface area (Å²) in [5, 5.41) is -2.66. The van der Waals surface area contributed by atoms with E-state index in [1.165, 1.54) is 0 Å². The minimum absolute atomic E-state index is 0.606. The van der Waals surface area contributed by atoms with E-state index in [0.717, 1.165) is 0 Å². The van der Waals surface area contributed by atoms with Crippen LogP contribution >= 0.6 is 15.2 Å². The molecule has 0 aliphatic rings. The molecular weight excluding hydrogens is 198 g/mol. The van der Waals surface area contributed by atoms with Gasteiger partial charge in [0.05, 0.1) is 0 Å². The predicted octanol–water partition coefficient (Wildman–Crippen LogP) is -1.22. The molecule has 0 unspecified atom stereocenters. The van der Waals surface area contributed by atoms with Gasteiger partial charge in [0.25, 0.3) is 0 Å². The number of hydrogen-bond acceptors (Lipinski definition) is 3. The van der Waals surface area contributed by atoms with Crippen molar-refractivity contribution in [1.29, 1.82) is 0 Å². The Morgan fingerprint density at radius 2 is 1.27 bits per heavy atom. The Bertz CT molecular complexity index is 211. The van der Waals surface area contributed by atoms with Gasteiger partial charge in [-0.1, -0.05) is 0 Å². The molecule has 0 atom stereocenters. The summed E-state index contributed by atoms with van der Waals surface area (Å²) < 4.78 is 20.3. The second-order valence-corrected chi connectivity index (χ2v) is 5.47. The number of carbonyl (C=O) groups excluding carboxylic acids is 1. The van der Waals surface area contributed by atoms with Crippen LogP contribution in [0.5, 0.6) is 0 Å². The normalized spacial score (nSPS) is 13.5. The van der Waals surface area contributed by atoms with Crippen LogP contribution in [0.15, 0.2) is 0 Å². The average molecular weight is 203 g/mol. The van der Waals surface area contributed by atoms with Crippen LogP contribution in [0.4, 0.5) is 0 Å². The molecule has 0 bridgehead atoms. The maximum Gasteiger partial charge on any atom is 0.348 e. The van der Waals surface area contributed by atoms with Gasteiger partial charge in [0.2, 0.25) is 11.7 Å². The van der Waals surface area contributed by atoms with Gasteiger partial charge in [-0.15, -0.1) is 0 Å². The molecule has 7 nitrogen and oxygen atoms in total. The third-order valence-electron chi connectivity index (χ3n) is 0.743. The maximum atomic E-state index is 10.1. The third-order valence-corrected chi connectivity index (χ3v) is 4.03. The monoisotopic (exact) mass is 203 g/mol. The van der Waals surface area contributed by atoms with Crippen molar-refractivity contribution in [3.05, 3.63) is 0 Å². The molecule has 0 saturated carbocycles. The molecule has 65 valence electrons. The average Bonchev–Trinajstić information content (AvgIpc) is 1.56. The van der Waals surface area contributed by atoms with Gasteiger partial charge in [-0.05, 0) is 0 Å². The lowest BCUT2D eigenvalue weighted by molar-refractivity contribution is 0.348. The van der Waals surface area contributed by atoms with Crippen molar-refractivity contribution in [3.8, 4) is 0 Å². The first-order chi connectivity index (χ1) is 4.69. The lowest BCUT2D eigenvalue weighted by Crippen LogP contribution is -2.09. The quantitative estimate of drug-likeness (QED) is 0.422. The van der Waals surface area contributed by atoms with Crippen molar-refractivity contribution in [3.63, 3.8) is 0 Å². The van der Waals surface area contributed by atoms with Crippen molar-refractivity contribution in [2.75, 3.05) is 0 Å². The zero-order chi connectivity index (χ0) is 9.28. The van der Waals surface area contributed by atoms with Crippen LogP contribution in [0.1, 0.15) is 0 Å². The van der Waals surface area contributed by atoms with Crippen LogP contribution in [-0.4, -0.2) is 31.3 Å². The SMILES string of the molecule is O=[C]C(P(=O)(O)O)P(=O)(O)O. The molecule has 0 aromatic carbocycles. The third kappa shape index (κ3) is 3.25. The first-order valence-electron chi connectivity index (χ1n) is 2.17. The Morgan fingerprint density at radius 1 is 1.00 bits per heavy atom. The highest BCUT2D eigenvalue weighted by molar-refractivity contribution is 7.72. The smallest absolute Gasteiger partial charge is 0.323 e. The molecular formula is C2H5O7P2. The van der Waals surface area contributed by atoms with E-state index in [9.17, 15) is 13.9 Å². The Hall–Kier alpha value is -0.0300. The van der Waals surface area contributed by atoms with Gasteiger partial charge in [-0.3, -0.25) is 13.9 Å². The van der Waals surface area contributed by atoms with E-state index in [1.54, 1.807) is 0 Å². The maximum absolute atomic E-state index is 10.1. The molecule has 0 heterocycles. The van der Waals surface area contributed by atoms with E-state index < -0.39 is 20.6 Å². The molecule has 0 rings (SSSR count).